The number of hydrogen-bond donors (Lipinski definition) is 0. The van der Waals surface area contributed by atoms with Crippen LogP contribution in [0.1, 0.15) is 5.56 Å². The maximum Gasteiger partial charge on any atom is 0.0992 e. The molecule has 0 radical (unpaired) electrons. The van der Waals surface area contributed by atoms with Crippen LogP contribution >= 0.6 is 0 Å². The van der Waals surface area contributed by atoms with Gasteiger partial charge in [-0.3, -0.25) is 0 Å². The van der Waals surface area contributed by atoms with Crippen molar-refractivity contribution in [2.75, 3.05) is 0 Å². The molecule has 5 nitrogen and oxygen atoms in total. The van der Waals surface area contributed by atoms with E-state index < -0.39 is 0 Å². The lowest BCUT2D eigenvalue weighted by molar-refractivity contribution is 1.04. The minimum Gasteiger partial charge on any atom is -0.192 e. The Morgan fingerprint density at radius 1 is 0.288 bits per heavy atom. The van der Waals surface area contributed by atoms with Gasteiger partial charge in [0.25, 0.3) is 0 Å². The summed E-state index contributed by atoms with van der Waals surface area (Å²) in [5.41, 5.74) is 11.6. The topological polar surface area (TPSA) is 75.3 Å². The average molecular weight is 664 g/mol. The molecule has 0 saturated carbocycles. The normalized spacial score (nSPS) is 11.1. The minimum atomic E-state index is 0.586. The van der Waals surface area contributed by atoms with Crippen LogP contribution in [0, 0.1) is 11.3 Å². The molecule has 0 aliphatic heterocycles. The molecule has 9 aromatic rings. The highest BCUT2D eigenvalue weighted by atomic mass is 15.1. The van der Waals surface area contributed by atoms with Crippen molar-refractivity contribution in [3.8, 4) is 73.4 Å². The fourth-order valence-corrected chi connectivity index (χ4v) is 6.72. The van der Waals surface area contributed by atoms with E-state index in [2.05, 4.69) is 117 Å². The smallest absolute Gasteiger partial charge is 0.0992 e. The Bertz CT molecular complexity index is 2610. The Morgan fingerprint density at radius 2 is 0.654 bits per heavy atom. The Labute approximate surface area is 301 Å². The molecule has 0 amide bonds. The first-order chi connectivity index (χ1) is 25.7. The first kappa shape index (κ1) is 30.7. The van der Waals surface area contributed by atoms with Crippen LogP contribution in [0.3, 0.4) is 0 Å². The maximum atomic E-state index is 10.0. The molecule has 9 rings (SSSR count). The molecule has 2 aromatic heterocycles. The standard InChI is InChI=1S/C47H29N5/c48-30-31-23-42(36-11-5-13-38(27-36)44-19-21-46(51-49-44)40-17-15-32-7-1-3-9-34(32)25-40)29-43(24-31)37-12-6-14-39(28-37)45-20-22-47(52-50-45)41-18-16-33-8-2-4-10-35(33)26-41/h1-29H. The van der Waals surface area contributed by atoms with Crippen LogP contribution in [0.15, 0.2) is 176 Å². The van der Waals surface area contributed by atoms with Crippen molar-refractivity contribution in [2.24, 2.45) is 0 Å². The van der Waals surface area contributed by atoms with Crippen LogP contribution in [0.25, 0.3) is 88.8 Å². The van der Waals surface area contributed by atoms with E-state index in [0.717, 1.165) is 67.3 Å². The number of nitrogens with zero attached hydrogens (tertiary/aromatic N) is 5. The van der Waals surface area contributed by atoms with Crippen LogP contribution < -0.4 is 0 Å². The SMILES string of the molecule is N#Cc1cc(-c2cccc(-c3ccc(-c4ccc5ccccc5c4)nn3)c2)cc(-c2cccc(-c3ccc(-c4ccc5ccccc5c4)nn3)c2)c1. The molecule has 0 unspecified atom stereocenters. The predicted octanol–water partition coefficient (Wildman–Crippen LogP) is 11.4. The van der Waals surface area contributed by atoms with Crippen molar-refractivity contribution in [2.45, 2.75) is 0 Å². The summed E-state index contributed by atoms with van der Waals surface area (Å²) in [5.74, 6) is 0. The quantitative estimate of drug-likeness (QED) is 0.177. The molecule has 7 aromatic carbocycles. The molecule has 0 bridgehead atoms. The fourth-order valence-electron chi connectivity index (χ4n) is 6.72. The van der Waals surface area contributed by atoms with Crippen LogP contribution in [0.2, 0.25) is 0 Å². The van der Waals surface area contributed by atoms with E-state index in [9.17, 15) is 5.26 Å². The molecule has 5 heteroatoms. The molecule has 242 valence electrons. The van der Waals surface area contributed by atoms with Gasteiger partial charge >= 0.3 is 0 Å². The van der Waals surface area contributed by atoms with E-state index >= 15 is 0 Å². The van der Waals surface area contributed by atoms with E-state index in [4.69, 9.17) is 0 Å². The minimum absolute atomic E-state index is 0.586. The van der Waals surface area contributed by atoms with Gasteiger partial charge in [0.05, 0.1) is 34.4 Å². The van der Waals surface area contributed by atoms with E-state index in [-0.39, 0.29) is 0 Å². The summed E-state index contributed by atoms with van der Waals surface area (Å²) in [4.78, 5) is 0. The third-order valence-corrected chi connectivity index (χ3v) is 9.46. The molecule has 0 aliphatic rings. The van der Waals surface area contributed by atoms with Crippen molar-refractivity contribution in [3.05, 3.63) is 181 Å². The molecule has 52 heavy (non-hydrogen) atoms. The lowest BCUT2D eigenvalue weighted by Gasteiger charge is -2.11. The summed E-state index contributed by atoms with van der Waals surface area (Å²) in [6, 6.07) is 62.1. The fraction of sp³-hybridized carbons (Fsp3) is 0. The van der Waals surface area contributed by atoms with Crippen LogP contribution in [0.5, 0.6) is 0 Å². The zero-order valence-corrected chi connectivity index (χ0v) is 28.0. The molecular weight excluding hydrogens is 635 g/mol. The molecule has 0 aliphatic carbocycles. The van der Waals surface area contributed by atoms with E-state index in [1.807, 2.05) is 84.9 Å². The van der Waals surface area contributed by atoms with Gasteiger partial charge in [-0.05, 0) is 111 Å². The zero-order chi connectivity index (χ0) is 34.9. The van der Waals surface area contributed by atoms with E-state index in [0.29, 0.717) is 5.56 Å². The number of fused-ring (bicyclic) bond motifs is 2. The Balaban J connectivity index is 0.992. The van der Waals surface area contributed by atoms with Gasteiger partial charge in [0.1, 0.15) is 0 Å². The molecule has 0 spiro atoms. The number of rotatable bonds is 6. The second-order valence-electron chi connectivity index (χ2n) is 12.8. The van der Waals surface area contributed by atoms with Gasteiger partial charge in [-0.2, -0.15) is 5.26 Å². The summed E-state index contributed by atoms with van der Waals surface area (Å²) >= 11 is 0. The number of hydrogen-bond acceptors (Lipinski definition) is 5. The van der Waals surface area contributed by atoms with Crippen molar-refractivity contribution in [1.29, 1.82) is 5.26 Å². The molecule has 2 heterocycles. The van der Waals surface area contributed by atoms with Gasteiger partial charge in [-0.1, -0.05) is 109 Å². The lowest BCUT2D eigenvalue weighted by atomic mass is 9.94. The molecule has 0 N–H and O–H groups in total. The first-order valence-corrected chi connectivity index (χ1v) is 17.1. The van der Waals surface area contributed by atoms with Crippen LogP contribution in [-0.4, -0.2) is 20.4 Å². The van der Waals surface area contributed by atoms with Crippen molar-refractivity contribution in [1.82, 2.24) is 20.4 Å². The van der Waals surface area contributed by atoms with Crippen LogP contribution in [-0.2, 0) is 0 Å². The first-order valence-electron chi connectivity index (χ1n) is 17.1. The average Bonchev–Trinajstić information content (AvgIpc) is 3.23. The maximum absolute atomic E-state index is 10.0. The Kier molecular flexibility index (Phi) is 7.81. The summed E-state index contributed by atoms with van der Waals surface area (Å²) in [7, 11) is 0. The third-order valence-electron chi connectivity index (χ3n) is 9.46. The highest BCUT2D eigenvalue weighted by Gasteiger charge is 2.11. The number of aromatic nitrogens is 4. The summed E-state index contributed by atoms with van der Waals surface area (Å²) < 4.78 is 0. The monoisotopic (exact) mass is 663 g/mol. The van der Waals surface area contributed by atoms with Gasteiger partial charge in [0, 0.05) is 22.3 Å². The number of benzene rings is 7. The lowest BCUT2D eigenvalue weighted by Crippen LogP contribution is -1.92. The van der Waals surface area contributed by atoms with Crippen molar-refractivity contribution >= 4 is 21.5 Å². The van der Waals surface area contributed by atoms with Crippen molar-refractivity contribution < 1.29 is 0 Å². The van der Waals surface area contributed by atoms with E-state index in [1.165, 1.54) is 21.5 Å². The summed E-state index contributed by atoms with van der Waals surface area (Å²) in [6.07, 6.45) is 0. The van der Waals surface area contributed by atoms with Gasteiger partial charge in [-0.15, -0.1) is 20.4 Å². The molecule has 0 saturated heterocycles. The Morgan fingerprint density at radius 3 is 1.06 bits per heavy atom. The Hall–Kier alpha value is -7.29. The molecular formula is C47H29N5. The third kappa shape index (κ3) is 6.06. The van der Waals surface area contributed by atoms with E-state index in [1.54, 1.807) is 0 Å². The summed E-state index contributed by atoms with van der Waals surface area (Å²) in [5, 5.41) is 33.1. The highest BCUT2D eigenvalue weighted by Crippen LogP contribution is 2.33. The van der Waals surface area contributed by atoms with Gasteiger partial charge in [-0.25, -0.2) is 0 Å². The predicted molar refractivity (Wildman–Crippen MR) is 210 cm³/mol. The second kappa shape index (κ2) is 13.2. The largest absolute Gasteiger partial charge is 0.192 e. The van der Waals surface area contributed by atoms with Gasteiger partial charge in [0.2, 0.25) is 0 Å². The van der Waals surface area contributed by atoms with Crippen molar-refractivity contribution in [3.63, 3.8) is 0 Å². The highest BCUT2D eigenvalue weighted by molar-refractivity contribution is 5.88. The summed E-state index contributed by atoms with van der Waals surface area (Å²) in [6.45, 7) is 0. The second-order valence-corrected chi connectivity index (χ2v) is 12.8. The zero-order valence-electron chi connectivity index (χ0n) is 28.0. The molecule has 0 fully saturated rings. The van der Waals surface area contributed by atoms with Crippen LogP contribution in [0.4, 0.5) is 0 Å². The number of nitriles is 1. The molecule has 0 atom stereocenters. The van der Waals surface area contributed by atoms with Gasteiger partial charge < -0.3 is 0 Å². The van der Waals surface area contributed by atoms with Gasteiger partial charge in [0.15, 0.2) is 0 Å².